The number of carbonyl (C=O) groups is 1. The number of phosphoric acid groups is 4. The number of phosphoric ester groups is 4. The quantitative estimate of drug-likeness (QED) is 0.0220. The molecular formula is C51H93IN13O33P4Si+. The summed E-state index contributed by atoms with van der Waals surface area (Å²) in [4.78, 5) is 133. The molecule has 0 radical (unpaired) electrons. The second-order valence-electron chi connectivity index (χ2n) is 23.7. The number of amides is 1. The summed E-state index contributed by atoms with van der Waals surface area (Å²) in [6, 6.07) is 0. The Morgan fingerprint density at radius 1 is 0.621 bits per heavy atom. The van der Waals surface area contributed by atoms with Crippen molar-refractivity contribution >= 4 is 91.5 Å². The van der Waals surface area contributed by atoms with Crippen molar-refractivity contribution in [3.63, 3.8) is 0 Å². The van der Waals surface area contributed by atoms with E-state index in [1.54, 1.807) is 6.20 Å². The van der Waals surface area contributed by atoms with E-state index in [-0.39, 0.29) is 63.2 Å². The van der Waals surface area contributed by atoms with E-state index in [0.717, 1.165) is 13.7 Å². The maximum absolute atomic E-state index is 12.3. The molecule has 0 spiro atoms. The summed E-state index contributed by atoms with van der Waals surface area (Å²) in [5.74, 6) is 0.109. The van der Waals surface area contributed by atoms with Crippen LogP contribution in [0, 0.1) is 3.57 Å². The molecule has 103 heavy (non-hydrogen) atoms. The highest BCUT2D eigenvalue weighted by molar-refractivity contribution is 14.1. The fourth-order valence-corrected chi connectivity index (χ4v) is 11.8. The summed E-state index contributed by atoms with van der Waals surface area (Å²) in [5.41, 5.74) is 15.4. The third kappa shape index (κ3) is 26.0. The van der Waals surface area contributed by atoms with Gasteiger partial charge in [0.25, 0.3) is 0 Å². The number of amidine groups is 1. The van der Waals surface area contributed by atoms with Crippen molar-refractivity contribution in [2.45, 2.75) is 186 Å². The van der Waals surface area contributed by atoms with Gasteiger partial charge in [-0.2, -0.15) is 14.5 Å². The SMILES string of the molecule is C.C.C.C=C1N=C(NC(C)=O)C(CC)=CN1[C@@H]1O[C@H](COP(=O)(O)O)[C@@H](O)[C@H]1O.CC(C)(C)[Si](C)(C)OCc1cn([C@@H]2O[C@H](COP(=O)(O)O)[C@@H](O)[C@H]2O)c(=O)nc1N.C[n+]1cn([C@@H]2O[C@H](COP(=O)(O)O)[C@@H](O)[C@H]2O)c(=O)nc1N.Nc1nc(=O)n([C@@H]2O[C@H](COP(=O)(O)O)[C@@H](O)[C@H]2O)cc1I. The number of aryl methyl sites for hydroxylation is 1. The Kier molecular flexibility index (Phi) is 34.7. The fourth-order valence-electron chi connectivity index (χ4n) is 9.02. The van der Waals surface area contributed by atoms with E-state index < -0.39 is 181 Å². The smallest absolute Gasteiger partial charge is 0.412 e. The predicted molar refractivity (Wildman–Crippen MR) is 366 cm³/mol. The number of aliphatic hydroxyl groups is 8. The second-order valence-corrected chi connectivity index (χ2v) is 34.7. The molecule has 0 saturated carbocycles. The molecule has 0 unspecified atom stereocenters. The van der Waals surface area contributed by atoms with Gasteiger partial charge in [-0.05, 0) is 52.1 Å². The van der Waals surface area contributed by atoms with Gasteiger partial charge in [-0.3, -0.25) is 32.0 Å². The van der Waals surface area contributed by atoms with Crippen LogP contribution in [0.3, 0.4) is 0 Å². The number of aromatic nitrogens is 7. The molecule has 46 nitrogen and oxygen atoms in total. The van der Waals surface area contributed by atoms with E-state index in [1.807, 2.05) is 29.5 Å². The monoisotopic (exact) mass is 1690 g/mol. The Balaban J connectivity index is 0.000000466. The molecule has 0 aliphatic carbocycles. The van der Waals surface area contributed by atoms with Crippen LogP contribution in [-0.4, -0.2) is 240 Å². The van der Waals surface area contributed by atoms with Gasteiger partial charge in [-0.1, -0.05) is 56.6 Å². The van der Waals surface area contributed by atoms with Gasteiger partial charge in [0.05, 0.1) is 43.7 Å². The molecule has 3 aromatic rings. The minimum Gasteiger partial charge on any atom is -0.412 e. The topological polar surface area (TPSA) is 706 Å². The van der Waals surface area contributed by atoms with Crippen molar-refractivity contribution in [2.24, 2.45) is 12.0 Å². The Labute approximate surface area is 602 Å². The fraction of sp³-hybridized carbons (Fsp3) is 0.667. The number of aliphatic hydroxyl groups excluding tert-OH is 8. The molecule has 23 N–H and O–H groups in total. The van der Waals surface area contributed by atoms with E-state index in [0.29, 0.717) is 27.0 Å². The summed E-state index contributed by atoms with van der Waals surface area (Å²) in [5, 5.41) is 82.8. The maximum atomic E-state index is 12.3. The summed E-state index contributed by atoms with van der Waals surface area (Å²) in [6.45, 7) is 14.7. The van der Waals surface area contributed by atoms with E-state index >= 15 is 0 Å². The highest BCUT2D eigenvalue weighted by Gasteiger charge is 2.50. The summed E-state index contributed by atoms with van der Waals surface area (Å²) >= 11 is 1.82. The van der Waals surface area contributed by atoms with Gasteiger partial charge in [0.1, 0.15) is 96.5 Å². The van der Waals surface area contributed by atoms with Crippen LogP contribution < -0.4 is 44.2 Å². The number of nitrogens with one attached hydrogen (secondary N) is 1. The molecule has 0 aromatic carbocycles. The third-order valence-electron chi connectivity index (χ3n) is 15.4. The zero-order valence-corrected chi connectivity index (χ0v) is 60.8. The molecule has 4 saturated heterocycles. The van der Waals surface area contributed by atoms with Crippen LogP contribution in [-0.2, 0) is 78.2 Å². The summed E-state index contributed by atoms with van der Waals surface area (Å²) in [7, 11) is -19.7. The minimum absolute atomic E-state index is 0. The molecule has 0 bridgehead atoms. The van der Waals surface area contributed by atoms with Gasteiger partial charge in [0.2, 0.25) is 12.1 Å². The number of hydrogen-bond donors (Lipinski definition) is 20. The van der Waals surface area contributed by atoms with Gasteiger partial charge in [-0.15, -0.1) is 0 Å². The minimum atomic E-state index is -4.80. The number of halogens is 1. The zero-order valence-electron chi connectivity index (χ0n) is 54.0. The van der Waals surface area contributed by atoms with Crippen LogP contribution in [0.4, 0.5) is 17.6 Å². The Morgan fingerprint density at radius 3 is 1.34 bits per heavy atom. The number of rotatable bonds is 20. The second kappa shape index (κ2) is 37.9. The molecule has 1 amide bonds. The molecule has 8 rings (SSSR count). The standard InChI is InChI=1S/C16H30N3O9PSi.C14H22N3O8P.C9H13IN3O8P.C9H15N4O8P.3CH4/c1-16(2,3)30(4,5)27-7-9-6-19(15(22)18-13(9)17)14-12(21)11(20)10(28-14)8-26-29(23,24)25;1-4-9-5-17(7(2)15-13(9)16-8(3)18)14-12(20)11(19)10(25-14)6-24-26(21,22)23;10-3-1-13(9(16)12-7(3)11)8-6(15)5(14)4(21-8)2-20-22(17,18)19;1-12-3-13(9(16)11-8(12)10)7-6(15)5(14)4(21-7)2-20-22(17,18)19;;;/h6,10-12,14,20-21H,7-8H2,1-5H3,(H2,17,18,22)(H2,23,24,25);5,10-12,14,19-20H,2,4,6H2,1,3H3,(H,15,16,18)(H2,21,22,23);1,4-6,8,14-15H,2H2,(H2,11,12,16)(H2,17,18,19);3-7,14-15H,2H2,1H3,(H3-,10,11,16,17,18,19);3*1H4/p+1/t2*10-,11-,12-,14-;4-,5-,6-,8-;4-,5-,6-,7-;;;/m1111.../s1. The van der Waals surface area contributed by atoms with Crippen LogP contribution in [0.5, 0.6) is 0 Å². The lowest BCUT2D eigenvalue weighted by Gasteiger charge is -2.36. The zero-order chi connectivity index (χ0) is 76.0. The molecule has 4 fully saturated rings. The molecular weight excluding hydrogens is 1600 g/mol. The van der Waals surface area contributed by atoms with Gasteiger partial charge in [-0.25, -0.2) is 42.2 Å². The van der Waals surface area contributed by atoms with Gasteiger partial charge < -0.3 is 131 Å². The molecule has 3 aromatic heterocycles. The maximum Gasteiger partial charge on any atom is 0.469 e. The average molecular weight is 1700 g/mol. The van der Waals surface area contributed by atoms with Crippen LogP contribution in [0.1, 0.15) is 87.6 Å². The predicted octanol–water partition coefficient (Wildman–Crippen LogP) is -4.32. The summed E-state index contributed by atoms with van der Waals surface area (Å²) < 4.78 is 92.2. The first-order valence-corrected chi connectivity index (χ1v) is 39.1. The molecule has 16 atom stereocenters. The lowest BCUT2D eigenvalue weighted by molar-refractivity contribution is -0.665. The van der Waals surface area contributed by atoms with Gasteiger partial charge in [0, 0.05) is 36.7 Å². The van der Waals surface area contributed by atoms with Crippen LogP contribution >= 0.6 is 53.9 Å². The first-order chi connectivity index (χ1) is 45.8. The number of ether oxygens (including phenoxy) is 4. The third-order valence-corrected chi connectivity index (χ3v) is 22.6. The van der Waals surface area contributed by atoms with Gasteiger partial charge >= 0.3 is 54.3 Å². The van der Waals surface area contributed by atoms with Crippen molar-refractivity contribution in [2.75, 3.05) is 43.6 Å². The number of nitrogens with zero attached hydrogens (tertiary/aromatic N) is 9. The van der Waals surface area contributed by atoms with Gasteiger partial charge in [0.15, 0.2) is 33.3 Å². The average Bonchev–Trinajstić information content (AvgIpc) is 1.69. The first-order valence-electron chi connectivity index (χ1n) is 29.0. The van der Waals surface area contributed by atoms with Crippen molar-refractivity contribution in [3.05, 3.63) is 83.5 Å². The Bertz CT molecular complexity index is 3740. The summed E-state index contributed by atoms with van der Waals surface area (Å²) in [6.07, 6.45) is -15.9. The van der Waals surface area contributed by atoms with Crippen molar-refractivity contribution < 1.29 is 149 Å². The molecule has 5 aliphatic heterocycles. The molecule has 52 heteroatoms. The normalized spacial score (nSPS) is 27.3. The number of nitrogens with two attached hydrogens (primary N) is 3. The van der Waals surface area contributed by atoms with E-state index in [4.69, 9.17) is 79.7 Å². The Morgan fingerprint density at radius 2 is 0.971 bits per heavy atom. The molecule has 8 heterocycles. The number of aliphatic imine (C=N–C) groups is 1. The van der Waals surface area contributed by atoms with Crippen molar-refractivity contribution in [3.8, 4) is 0 Å². The molecule has 590 valence electrons. The number of carbonyl (C=O) groups excluding carboxylic acids is 1. The number of hydrogen-bond acceptors (Lipinski definition) is 33. The lowest BCUT2D eigenvalue weighted by Crippen LogP contribution is -2.44. The first kappa shape index (κ1) is 94.3. The van der Waals surface area contributed by atoms with Crippen LogP contribution in [0.15, 0.2) is 62.3 Å². The highest BCUT2D eigenvalue weighted by Crippen LogP contribution is 2.43. The number of anilines is 3. The Hall–Kier alpha value is -4.74. The lowest BCUT2D eigenvalue weighted by atomic mass is 10.1. The van der Waals surface area contributed by atoms with E-state index in [2.05, 4.69) is 83.8 Å². The largest absolute Gasteiger partial charge is 0.469 e. The van der Waals surface area contributed by atoms with Crippen LogP contribution in [0.2, 0.25) is 18.1 Å². The van der Waals surface area contributed by atoms with Crippen molar-refractivity contribution in [1.29, 1.82) is 0 Å². The van der Waals surface area contributed by atoms with E-state index in [1.165, 1.54) is 42.2 Å². The van der Waals surface area contributed by atoms with Crippen molar-refractivity contribution in [1.82, 2.24) is 38.9 Å². The highest BCUT2D eigenvalue weighted by atomic mass is 127. The number of nitrogen functional groups attached to an aromatic ring is 3. The van der Waals surface area contributed by atoms with Crippen LogP contribution in [0.25, 0.3) is 0 Å². The molecule has 5 aliphatic rings. The van der Waals surface area contributed by atoms with E-state index in [9.17, 15) is 78.3 Å².